The van der Waals surface area contributed by atoms with Gasteiger partial charge in [-0.2, -0.15) is 0 Å². The Morgan fingerprint density at radius 3 is 2.63 bits per heavy atom. The molecule has 1 aliphatic heterocycles. The number of benzene rings is 2. The zero-order valence-corrected chi connectivity index (χ0v) is 16.1. The SMILES string of the molecule is Cc1ccccc1C(CC(=O)N1CCCc2c(N)cccc21)NC(N)=O.Cl. The smallest absolute Gasteiger partial charge is 0.312 e. The lowest BCUT2D eigenvalue weighted by Crippen LogP contribution is -2.40. The Balaban J connectivity index is 0.00000261. The molecule has 1 atom stereocenters. The largest absolute Gasteiger partial charge is 0.398 e. The van der Waals surface area contributed by atoms with Crippen LogP contribution in [0.15, 0.2) is 42.5 Å². The minimum absolute atomic E-state index is 0. The van der Waals surface area contributed by atoms with Crippen molar-refractivity contribution in [1.29, 1.82) is 0 Å². The summed E-state index contributed by atoms with van der Waals surface area (Å²) in [4.78, 5) is 26.3. The van der Waals surface area contributed by atoms with Gasteiger partial charge < -0.3 is 21.7 Å². The molecule has 0 saturated carbocycles. The average Bonchev–Trinajstić information content (AvgIpc) is 2.61. The Morgan fingerprint density at radius 2 is 1.93 bits per heavy atom. The van der Waals surface area contributed by atoms with E-state index in [0.29, 0.717) is 12.2 Å². The molecule has 1 heterocycles. The fraction of sp³-hybridized carbons (Fsp3) is 0.300. The van der Waals surface area contributed by atoms with Crippen LogP contribution in [0.1, 0.15) is 35.6 Å². The van der Waals surface area contributed by atoms with E-state index in [-0.39, 0.29) is 24.7 Å². The van der Waals surface area contributed by atoms with E-state index >= 15 is 0 Å². The molecule has 1 unspecified atom stereocenters. The van der Waals surface area contributed by atoms with Gasteiger partial charge in [-0.1, -0.05) is 30.3 Å². The normalized spacial score (nSPS) is 13.9. The molecule has 0 radical (unpaired) electrons. The molecule has 0 bridgehead atoms. The number of carbonyl (C=O) groups is 2. The quantitative estimate of drug-likeness (QED) is 0.701. The van der Waals surface area contributed by atoms with Gasteiger partial charge in [0.1, 0.15) is 0 Å². The second-order valence-electron chi connectivity index (χ2n) is 6.62. The maximum absolute atomic E-state index is 13.0. The van der Waals surface area contributed by atoms with Gasteiger partial charge >= 0.3 is 6.03 Å². The third-order valence-corrected chi connectivity index (χ3v) is 4.85. The minimum Gasteiger partial charge on any atom is -0.398 e. The number of aryl methyl sites for hydroxylation is 1. The molecule has 27 heavy (non-hydrogen) atoms. The molecular formula is C20H25ClN4O2. The number of nitrogens with one attached hydrogen (secondary N) is 1. The van der Waals surface area contributed by atoms with E-state index in [1.165, 1.54) is 0 Å². The van der Waals surface area contributed by atoms with Gasteiger partial charge in [0.2, 0.25) is 5.91 Å². The Bertz CT molecular complexity index is 840. The number of carbonyl (C=O) groups excluding carboxylic acids is 2. The molecule has 144 valence electrons. The lowest BCUT2D eigenvalue weighted by Gasteiger charge is -2.31. The van der Waals surface area contributed by atoms with E-state index in [1.54, 1.807) is 4.90 Å². The van der Waals surface area contributed by atoms with E-state index in [9.17, 15) is 9.59 Å². The van der Waals surface area contributed by atoms with Crippen LogP contribution in [0.4, 0.5) is 16.2 Å². The summed E-state index contributed by atoms with van der Waals surface area (Å²) in [6, 6.07) is 12.2. The molecule has 1 aliphatic rings. The number of nitrogens with two attached hydrogens (primary N) is 2. The number of nitrogen functional groups attached to an aromatic ring is 1. The van der Waals surface area contributed by atoms with Gasteiger partial charge in [-0.3, -0.25) is 4.79 Å². The number of primary amides is 1. The van der Waals surface area contributed by atoms with Crippen molar-refractivity contribution < 1.29 is 9.59 Å². The lowest BCUT2D eigenvalue weighted by atomic mass is 9.96. The van der Waals surface area contributed by atoms with Crippen molar-refractivity contribution in [3.05, 3.63) is 59.2 Å². The first-order chi connectivity index (χ1) is 12.5. The Hall–Kier alpha value is -2.73. The van der Waals surface area contributed by atoms with Gasteiger partial charge in [-0.05, 0) is 48.6 Å². The van der Waals surface area contributed by atoms with Crippen LogP contribution < -0.4 is 21.7 Å². The van der Waals surface area contributed by atoms with Crippen LogP contribution in [-0.2, 0) is 11.2 Å². The summed E-state index contributed by atoms with van der Waals surface area (Å²) in [6.45, 7) is 2.60. The number of hydrogen-bond donors (Lipinski definition) is 3. The predicted molar refractivity (Wildman–Crippen MR) is 110 cm³/mol. The highest BCUT2D eigenvalue weighted by Gasteiger charge is 2.27. The van der Waals surface area contributed by atoms with Crippen LogP contribution in [0.2, 0.25) is 0 Å². The molecule has 3 rings (SSSR count). The van der Waals surface area contributed by atoms with Gasteiger partial charge in [0.25, 0.3) is 0 Å². The van der Waals surface area contributed by atoms with Crippen molar-refractivity contribution >= 4 is 35.7 Å². The van der Waals surface area contributed by atoms with E-state index in [1.807, 2.05) is 49.4 Å². The lowest BCUT2D eigenvalue weighted by molar-refractivity contribution is -0.119. The van der Waals surface area contributed by atoms with E-state index in [4.69, 9.17) is 11.5 Å². The number of amides is 3. The summed E-state index contributed by atoms with van der Waals surface area (Å²) in [7, 11) is 0. The van der Waals surface area contributed by atoms with E-state index in [2.05, 4.69) is 5.32 Å². The summed E-state index contributed by atoms with van der Waals surface area (Å²) in [5, 5.41) is 2.71. The summed E-state index contributed by atoms with van der Waals surface area (Å²) in [5.74, 6) is -0.0569. The highest BCUT2D eigenvalue weighted by molar-refractivity contribution is 5.96. The Labute approximate surface area is 165 Å². The molecule has 2 aromatic rings. The third-order valence-electron chi connectivity index (χ3n) is 4.85. The molecule has 0 saturated heterocycles. The van der Waals surface area contributed by atoms with Gasteiger partial charge in [0.05, 0.1) is 12.5 Å². The van der Waals surface area contributed by atoms with Gasteiger partial charge in [-0.25, -0.2) is 4.79 Å². The van der Waals surface area contributed by atoms with Crippen LogP contribution in [-0.4, -0.2) is 18.5 Å². The molecule has 2 aromatic carbocycles. The van der Waals surface area contributed by atoms with Crippen molar-refractivity contribution in [2.75, 3.05) is 17.2 Å². The van der Waals surface area contributed by atoms with Crippen LogP contribution in [0.3, 0.4) is 0 Å². The van der Waals surface area contributed by atoms with Crippen molar-refractivity contribution in [3.63, 3.8) is 0 Å². The van der Waals surface area contributed by atoms with Crippen molar-refractivity contribution in [1.82, 2.24) is 5.32 Å². The topological polar surface area (TPSA) is 101 Å². The zero-order valence-electron chi connectivity index (χ0n) is 15.3. The third kappa shape index (κ3) is 4.52. The fourth-order valence-electron chi connectivity index (χ4n) is 3.58. The first kappa shape index (κ1) is 20.6. The molecule has 7 heteroatoms. The highest BCUT2D eigenvalue weighted by atomic mass is 35.5. The van der Waals surface area contributed by atoms with Crippen LogP contribution in [0.5, 0.6) is 0 Å². The Kier molecular flexibility index (Phi) is 6.69. The number of rotatable bonds is 4. The first-order valence-corrected chi connectivity index (χ1v) is 8.76. The van der Waals surface area contributed by atoms with Crippen molar-refractivity contribution in [3.8, 4) is 0 Å². The fourth-order valence-corrected chi connectivity index (χ4v) is 3.58. The van der Waals surface area contributed by atoms with Gasteiger partial charge in [0.15, 0.2) is 0 Å². The number of fused-ring (bicyclic) bond motifs is 1. The van der Waals surface area contributed by atoms with Crippen LogP contribution in [0.25, 0.3) is 0 Å². The summed E-state index contributed by atoms with van der Waals surface area (Å²) in [5.41, 5.74) is 15.9. The average molecular weight is 389 g/mol. The molecule has 3 amide bonds. The van der Waals surface area contributed by atoms with Gasteiger partial charge in [0, 0.05) is 17.9 Å². The maximum Gasteiger partial charge on any atom is 0.312 e. The number of anilines is 2. The number of nitrogens with zero attached hydrogens (tertiary/aromatic N) is 1. The minimum atomic E-state index is -0.644. The second-order valence-corrected chi connectivity index (χ2v) is 6.62. The molecule has 0 aromatic heterocycles. The zero-order chi connectivity index (χ0) is 18.7. The maximum atomic E-state index is 13.0. The first-order valence-electron chi connectivity index (χ1n) is 8.76. The molecule has 5 N–H and O–H groups in total. The van der Waals surface area contributed by atoms with Crippen LogP contribution >= 0.6 is 12.4 Å². The van der Waals surface area contributed by atoms with E-state index in [0.717, 1.165) is 35.2 Å². The summed E-state index contributed by atoms with van der Waals surface area (Å²) >= 11 is 0. The molecule has 0 spiro atoms. The van der Waals surface area contributed by atoms with Crippen LogP contribution in [0, 0.1) is 6.92 Å². The molecule has 0 aliphatic carbocycles. The summed E-state index contributed by atoms with van der Waals surface area (Å²) < 4.78 is 0. The van der Waals surface area contributed by atoms with Gasteiger partial charge in [-0.15, -0.1) is 12.4 Å². The standard InChI is InChI=1S/C20H24N4O2.ClH/c1-13-6-2-3-7-14(13)17(23-20(22)26)12-19(25)24-11-5-8-15-16(21)9-4-10-18(15)24;/h2-4,6-7,9-10,17H,5,8,11-12,21H2,1H3,(H3,22,23,26);1H. The molecular weight excluding hydrogens is 364 g/mol. The molecule has 0 fully saturated rings. The Morgan fingerprint density at radius 1 is 1.19 bits per heavy atom. The van der Waals surface area contributed by atoms with E-state index < -0.39 is 12.1 Å². The number of halogens is 1. The number of urea groups is 1. The monoisotopic (exact) mass is 388 g/mol. The highest BCUT2D eigenvalue weighted by Crippen LogP contribution is 2.32. The predicted octanol–water partition coefficient (Wildman–Crippen LogP) is 3.08. The molecule has 6 nitrogen and oxygen atoms in total. The van der Waals surface area contributed by atoms with Crippen molar-refractivity contribution in [2.45, 2.75) is 32.2 Å². The second kappa shape index (κ2) is 8.77. The number of hydrogen-bond acceptors (Lipinski definition) is 3. The van der Waals surface area contributed by atoms with Crippen molar-refractivity contribution in [2.24, 2.45) is 5.73 Å². The summed E-state index contributed by atoms with van der Waals surface area (Å²) in [6.07, 6.45) is 1.87.